The molecule has 0 aliphatic carbocycles. The molecule has 2 heterocycles. The summed E-state index contributed by atoms with van der Waals surface area (Å²) in [6.45, 7) is 7.16. The molecule has 0 amide bonds. The highest BCUT2D eigenvalue weighted by molar-refractivity contribution is 5.28. The van der Waals surface area contributed by atoms with Crippen molar-refractivity contribution in [3.05, 3.63) is 47.0 Å². The third-order valence-electron chi connectivity index (χ3n) is 3.30. The predicted molar refractivity (Wildman–Crippen MR) is 77.1 cm³/mol. The number of aromatic nitrogens is 3. The van der Waals surface area contributed by atoms with Gasteiger partial charge in [0, 0.05) is 18.9 Å². The van der Waals surface area contributed by atoms with Crippen molar-refractivity contribution in [1.82, 2.24) is 20.1 Å². The molecule has 2 rings (SSSR count). The zero-order valence-electron chi connectivity index (χ0n) is 12.1. The zero-order chi connectivity index (χ0) is 13.8. The van der Waals surface area contributed by atoms with Crippen LogP contribution in [0.25, 0.3) is 0 Å². The molecule has 1 N–H and O–H groups in total. The number of nitrogens with zero attached hydrogens (tertiary/aromatic N) is 3. The van der Waals surface area contributed by atoms with Gasteiger partial charge in [0.15, 0.2) is 0 Å². The van der Waals surface area contributed by atoms with E-state index in [1.807, 2.05) is 24.9 Å². The summed E-state index contributed by atoms with van der Waals surface area (Å²) in [5, 5.41) is 8.04. The van der Waals surface area contributed by atoms with Gasteiger partial charge in [-0.25, -0.2) is 0 Å². The molecule has 1 atom stereocenters. The molecule has 0 aromatic carbocycles. The van der Waals surface area contributed by atoms with E-state index in [2.05, 4.69) is 47.4 Å². The van der Waals surface area contributed by atoms with E-state index in [-0.39, 0.29) is 6.04 Å². The third-order valence-corrected chi connectivity index (χ3v) is 3.30. The molecule has 0 aliphatic heterocycles. The second-order valence-electron chi connectivity index (χ2n) is 4.76. The van der Waals surface area contributed by atoms with Gasteiger partial charge in [-0.1, -0.05) is 19.9 Å². The van der Waals surface area contributed by atoms with E-state index in [0.29, 0.717) is 0 Å². The van der Waals surface area contributed by atoms with Crippen LogP contribution in [0.1, 0.15) is 42.5 Å². The van der Waals surface area contributed by atoms with Crippen LogP contribution in [0.2, 0.25) is 0 Å². The number of hydrogen-bond acceptors (Lipinski definition) is 3. The average Bonchev–Trinajstić information content (AvgIpc) is 2.78. The zero-order valence-corrected chi connectivity index (χ0v) is 12.1. The summed E-state index contributed by atoms with van der Waals surface area (Å²) < 4.78 is 1.96. The molecular formula is C15H22N4. The van der Waals surface area contributed by atoms with Crippen molar-refractivity contribution in [1.29, 1.82) is 0 Å². The minimum atomic E-state index is 0.149. The van der Waals surface area contributed by atoms with Crippen LogP contribution in [0, 0.1) is 6.92 Å². The van der Waals surface area contributed by atoms with Gasteiger partial charge in [0.25, 0.3) is 0 Å². The van der Waals surface area contributed by atoms with Gasteiger partial charge in [-0.3, -0.25) is 9.67 Å². The van der Waals surface area contributed by atoms with Gasteiger partial charge in [-0.2, -0.15) is 5.10 Å². The Labute approximate surface area is 114 Å². The molecule has 19 heavy (non-hydrogen) atoms. The monoisotopic (exact) mass is 258 g/mol. The average molecular weight is 258 g/mol. The molecule has 102 valence electrons. The van der Waals surface area contributed by atoms with Gasteiger partial charge >= 0.3 is 0 Å². The highest BCUT2D eigenvalue weighted by Crippen LogP contribution is 2.22. The van der Waals surface area contributed by atoms with E-state index in [1.165, 1.54) is 11.3 Å². The summed E-state index contributed by atoms with van der Waals surface area (Å²) in [6.07, 6.45) is 2.90. The largest absolute Gasteiger partial charge is 0.305 e. The van der Waals surface area contributed by atoms with Crippen molar-refractivity contribution >= 4 is 0 Å². The number of nitrogens with one attached hydrogen (secondary N) is 1. The smallest absolute Gasteiger partial charge is 0.0763 e. The Hall–Kier alpha value is -1.68. The molecule has 0 spiro atoms. The van der Waals surface area contributed by atoms with Crippen LogP contribution in [0.3, 0.4) is 0 Å². The van der Waals surface area contributed by atoms with Crippen LogP contribution in [-0.2, 0) is 13.5 Å². The van der Waals surface area contributed by atoms with Crippen molar-refractivity contribution in [2.75, 3.05) is 6.54 Å². The van der Waals surface area contributed by atoms with Crippen molar-refractivity contribution in [3.8, 4) is 0 Å². The van der Waals surface area contributed by atoms with E-state index in [9.17, 15) is 0 Å². The van der Waals surface area contributed by atoms with Crippen LogP contribution < -0.4 is 5.32 Å². The van der Waals surface area contributed by atoms with Crippen molar-refractivity contribution in [2.24, 2.45) is 7.05 Å². The first-order chi connectivity index (χ1) is 9.15. The highest BCUT2D eigenvalue weighted by atomic mass is 15.3. The van der Waals surface area contributed by atoms with E-state index in [0.717, 1.165) is 24.4 Å². The molecule has 1 unspecified atom stereocenters. The SMILES string of the molecule is CCNC(c1ccc(C)nc1)c1cc(CC)nn1C. The molecule has 2 aromatic heterocycles. The highest BCUT2D eigenvalue weighted by Gasteiger charge is 2.18. The van der Waals surface area contributed by atoms with E-state index >= 15 is 0 Å². The Morgan fingerprint density at radius 2 is 2.11 bits per heavy atom. The topological polar surface area (TPSA) is 42.7 Å². The van der Waals surface area contributed by atoms with Gasteiger partial charge < -0.3 is 5.32 Å². The summed E-state index contributed by atoms with van der Waals surface area (Å²) in [5.74, 6) is 0. The molecular weight excluding hydrogens is 236 g/mol. The molecule has 4 nitrogen and oxygen atoms in total. The normalized spacial score (nSPS) is 12.6. The maximum absolute atomic E-state index is 4.53. The first kappa shape index (κ1) is 13.7. The van der Waals surface area contributed by atoms with Gasteiger partial charge in [-0.15, -0.1) is 0 Å². The Kier molecular flexibility index (Phi) is 4.32. The van der Waals surface area contributed by atoms with Crippen LogP contribution in [0.5, 0.6) is 0 Å². The van der Waals surface area contributed by atoms with Gasteiger partial charge in [0.1, 0.15) is 0 Å². The lowest BCUT2D eigenvalue weighted by Gasteiger charge is -2.18. The van der Waals surface area contributed by atoms with Crippen LogP contribution >= 0.6 is 0 Å². The van der Waals surface area contributed by atoms with E-state index in [4.69, 9.17) is 0 Å². The summed E-state index contributed by atoms with van der Waals surface area (Å²) in [5.41, 5.74) is 4.53. The lowest BCUT2D eigenvalue weighted by molar-refractivity contribution is 0.570. The molecule has 0 saturated carbocycles. The Balaban J connectivity index is 2.38. The van der Waals surface area contributed by atoms with Crippen LogP contribution in [0.4, 0.5) is 0 Å². The van der Waals surface area contributed by atoms with Gasteiger partial charge in [-0.05, 0) is 37.6 Å². The Morgan fingerprint density at radius 1 is 1.32 bits per heavy atom. The third kappa shape index (κ3) is 3.01. The van der Waals surface area contributed by atoms with Crippen molar-refractivity contribution < 1.29 is 0 Å². The summed E-state index contributed by atoms with van der Waals surface area (Å²) in [4.78, 5) is 4.39. The van der Waals surface area contributed by atoms with Crippen molar-refractivity contribution in [2.45, 2.75) is 33.2 Å². The second-order valence-corrected chi connectivity index (χ2v) is 4.76. The maximum Gasteiger partial charge on any atom is 0.0763 e. The summed E-state index contributed by atoms with van der Waals surface area (Å²) in [7, 11) is 2.00. The summed E-state index contributed by atoms with van der Waals surface area (Å²) in [6, 6.07) is 6.51. The Morgan fingerprint density at radius 3 is 2.63 bits per heavy atom. The van der Waals surface area contributed by atoms with E-state index in [1.54, 1.807) is 0 Å². The number of hydrogen-bond donors (Lipinski definition) is 1. The fourth-order valence-electron chi connectivity index (χ4n) is 2.23. The number of aryl methyl sites for hydroxylation is 3. The first-order valence-electron chi connectivity index (χ1n) is 6.84. The number of rotatable bonds is 5. The quantitative estimate of drug-likeness (QED) is 0.895. The number of pyridine rings is 1. The lowest BCUT2D eigenvalue weighted by atomic mass is 10.0. The molecule has 4 heteroatoms. The molecule has 0 bridgehead atoms. The molecule has 0 radical (unpaired) electrons. The maximum atomic E-state index is 4.53. The second kappa shape index (κ2) is 5.97. The van der Waals surface area contributed by atoms with Crippen molar-refractivity contribution in [3.63, 3.8) is 0 Å². The van der Waals surface area contributed by atoms with Crippen LogP contribution in [-0.4, -0.2) is 21.3 Å². The summed E-state index contributed by atoms with van der Waals surface area (Å²) >= 11 is 0. The minimum absolute atomic E-state index is 0.149. The van der Waals surface area contributed by atoms with Crippen LogP contribution in [0.15, 0.2) is 24.4 Å². The first-order valence-corrected chi connectivity index (χ1v) is 6.84. The minimum Gasteiger partial charge on any atom is -0.305 e. The molecule has 0 aliphatic rings. The lowest BCUT2D eigenvalue weighted by Crippen LogP contribution is -2.24. The van der Waals surface area contributed by atoms with Gasteiger partial charge in [0.2, 0.25) is 0 Å². The van der Waals surface area contributed by atoms with E-state index < -0.39 is 0 Å². The fraction of sp³-hybridized carbons (Fsp3) is 0.467. The standard InChI is InChI=1S/C15H22N4/c1-5-13-9-14(19(4)18-13)15(16-6-2)12-8-7-11(3)17-10-12/h7-10,15-16H,5-6H2,1-4H3. The predicted octanol–water partition coefficient (Wildman–Crippen LogP) is 2.38. The Bertz CT molecular complexity index is 528. The molecule has 0 saturated heterocycles. The van der Waals surface area contributed by atoms with Gasteiger partial charge in [0.05, 0.1) is 17.4 Å². The molecule has 0 fully saturated rings. The molecule has 2 aromatic rings. The fourth-order valence-corrected chi connectivity index (χ4v) is 2.23.